The Morgan fingerprint density at radius 3 is 2.53 bits per heavy atom. The van der Waals surface area contributed by atoms with E-state index in [1.54, 1.807) is 6.26 Å². The smallest absolute Gasteiger partial charge is 0.117 e. The van der Waals surface area contributed by atoms with Gasteiger partial charge in [0.1, 0.15) is 5.76 Å². The van der Waals surface area contributed by atoms with Crippen LogP contribution in [0.25, 0.3) is 0 Å². The van der Waals surface area contributed by atoms with Gasteiger partial charge in [-0.3, -0.25) is 4.90 Å². The first-order valence-electron chi connectivity index (χ1n) is 6.63. The van der Waals surface area contributed by atoms with Crippen molar-refractivity contribution in [2.24, 2.45) is 5.73 Å². The number of furan rings is 1. The van der Waals surface area contributed by atoms with Crippen molar-refractivity contribution in [3.8, 4) is 0 Å². The van der Waals surface area contributed by atoms with Crippen molar-refractivity contribution in [2.75, 3.05) is 7.05 Å². The summed E-state index contributed by atoms with van der Waals surface area (Å²) in [6.45, 7) is 4.94. The number of benzene rings is 1. The van der Waals surface area contributed by atoms with Gasteiger partial charge < -0.3 is 10.2 Å². The van der Waals surface area contributed by atoms with Crippen LogP contribution in [0.4, 0.5) is 0 Å². The summed E-state index contributed by atoms with van der Waals surface area (Å²) >= 11 is 0. The number of nitrogens with two attached hydrogens (primary N) is 1. The number of nitrogens with zero attached hydrogens (tertiary/aromatic N) is 1. The van der Waals surface area contributed by atoms with Crippen LogP contribution in [0.2, 0.25) is 0 Å². The van der Waals surface area contributed by atoms with E-state index in [0.29, 0.717) is 0 Å². The van der Waals surface area contributed by atoms with E-state index in [9.17, 15) is 0 Å². The van der Waals surface area contributed by atoms with Gasteiger partial charge >= 0.3 is 0 Å². The second kappa shape index (κ2) is 6.04. The van der Waals surface area contributed by atoms with Crippen molar-refractivity contribution < 1.29 is 4.42 Å². The van der Waals surface area contributed by atoms with Crippen molar-refractivity contribution in [2.45, 2.75) is 32.5 Å². The fourth-order valence-electron chi connectivity index (χ4n) is 2.59. The molecule has 0 aliphatic carbocycles. The first-order chi connectivity index (χ1) is 9.09. The Labute approximate surface area is 115 Å². The second-order valence-corrected chi connectivity index (χ2v) is 5.16. The van der Waals surface area contributed by atoms with Crippen LogP contribution in [0.15, 0.2) is 47.1 Å². The molecule has 0 aliphatic rings. The van der Waals surface area contributed by atoms with Crippen LogP contribution in [0.1, 0.15) is 29.9 Å². The van der Waals surface area contributed by atoms with Crippen molar-refractivity contribution in [1.82, 2.24) is 4.90 Å². The standard InChI is InChI=1S/C16H22N2O/c1-12-7-4-5-9-15(12)16(13(2)17)18(3)11-14-8-6-10-19-14/h4-10,13,16H,11,17H2,1-3H3. The fraction of sp³-hybridized carbons (Fsp3) is 0.375. The van der Waals surface area contributed by atoms with Crippen LogP contribution < -0.4 is 5.73 Å². The van der Waals surface area contributed by atoms with Crippen molar-refractivity contribution in [3.05, 3.63) is 59.5 Å². The van der Waals surface area contributed by atoms with Crippen LogP contribution in [0.3, 0.4) is 0 Å². The molecule has 102 valence electrons. The maximum atomic E-state index is 6.20. The lowest BCUT2D eigenvalue weighted by atomic mass is 9.95. The quantitative estimate of drug-likeness (QED) is 0.896. The van der Waals surface area contributed by atoms with Gasteiger partial charge in [0.05, 0.1) is 18.8 Å². The van der Waals surface area contributed by atoms with E-state index in [1.165, 1.54) is 11.1 Å². The number of hydrogen-bond donors (Lipinski definition) is 1. The summed E-state index contributed by atoms with van der Waals surface area (Å²) < 4.78 is 5.42. The van der Waals surface area contributed by atoms with E-state index in [0.717, 1.165) is 12.3 Å². The molecule has 0 fully saturated rings. The second-order valence-electron chi connectivity index (χ2n) is 5.16. The van der Waals surface area contributed by atoms with Gasteiger partial charge in [0.25, 0.3) is 0 Å². The topological polar surface area (TPSA) is 42.4 Å². The van der Waals surface area contributed by atoms with Crippen LogP contribution in [0, 0.1) is 6.92 Å². The molecule has 1 aromatic heterocycles. The molecule has 1 aromatic carbocycles. The summed E-state index contributed by atoms with van der Waals surface area (Å²) in [5.41, 5.74) is 8.75. The van der Waals surface area contributed by atoms with Crippen molar-refractivity contribution in [1.29, 1.82) is 0 Å². The minimum Gasteiger partial charge on any atom is -0.468 e. The van der Waals surface area contributed by atoms with E-state index < -0.39 is 0 Å². The molecule has 1 heterocycles. The normalized spacial score (nSPS) is 14.6. The molecule has 0 spiro atoms. The first-order valence-corrected chi connectivity index (χ1v) is 6.63. The van der Waals surface area contributed by atoms with Gasteiger partial charge in [-0.1, -0.05) is 24.3 Å². The number of aryl methyl sites for hydroxylation is 1. The summed E-state index contributed by atoms with van der Waals surface area (Å²) in [6, 6.07) is 12.6. The summed E-state index contributed by atoms with van der Waals surface area (Å²) in [5.74, 6) is 0.960. The van der Waals surface area contributed by atoms with Gasteiger partial charge in [-0.15, -0.1) is 0 Å². The van der Waals surface area contributed by atoms with Crippen molar-refractivity contribution in [3.63, 3.8) is 0 Å². The van der Waals surface area contributed by atoms with E-state index in [2.05, 4.69) is 50.1 Å². The number of hydrogen-bond acceptors (Lipinski definition) is 3. The number of rotatable bonds is 5. The van der Waals surface area contributed by atoms with E-state index >= 15 is 0 Å². The fourth-order valence-corrected chi connectivity index (χ4v) is 2.59. The minimum absolute atomic E-state index is 0.0565. The Hall–Kier alpha value is -1.58. The molecule has 2 atom stereocenters. The molecular formula is C16H22N2O. The van der Waals surface area contributed by atoms with Gasteiger partial charge in [0.2, 0.25) is 0 Å². The lowest BCUT2D eigenvalue weighted by Crippen LogP contribution is -2.37. The third-order valence-electron chi connectivity index (χ3n) is 3.47. The molecule has 0 saturated heterocycles. The molecule has 0 amide bonds. The molecule has 2 rings (SSSR count). The summed E-state index contributed by atoms with van der Waals surface area (Å²) in [5, 5.41) is 0. The summed E-state index contributed by atoms with van der Waals surface area (Å²) in [6.07, 6.45) is 1.71. The monoisotopic (exact) mass is 258 g/mol. The zero-order valence-corrected chi connectivity index (χ0v) is 11.8. The highest BCUT2D eigenvalue weighted by atomic mass is 16.3. The van der Waals surface area contributed by atoms with E-state index in [-0.39, 0.29) is 12.1 Å². The van der Waals surface area contributed by atoms with E-state index in [4.69, 9.17) is 10.2 Å². The van der Waals surface area contributed by atoms with E-state index in [1.807, 2.05) is 12.1 Å². The average molecular weight is 258 g/mol. The molecule has 2 unspecified atom stereocenters. The van der Waals surface area contributed by atoms with Crippen LogP contribution in [-0.4, -0.2) is 18.0 Å². The molecule has 2 N–H and O–H groups in total. The zero-order chi connectivity index (χ0) is 13.8. The van der Waals surface area contributed by atoms with Gasteiger partial charge in [-0.25, -0.2) is 0 Å². The molecule has 0 saturated carbocycles. The first kappa shape index (κ1) is 13.8. The van der Waals surface area contributed by atoms with Gasteiger partial charge in [0.15, 0.2) is 0 Å². The zero-order valence-electron chi connectivity index (χ0n) is 11.8. The van der Waals surface area contributed by atoms with Crippen molar-refractivity contribution >= 4 is 0 Å². The summed E-state index contributed by atoms with van der Waals surface area (Å²) in [7, 11) is 2.09. The molecule has 0 aliphatic heterocycles. The Balaban J connectivity index is 2.23. The highest BCUT2D eigenvalue weighted by Crippen LogP contribution is 2.26. The third kappa shape index (κ3) is 3.25. The highest BCUT2D eigenvalue weighted by molar-refractivity contribution is 5.29. The molecule has 19 heavy (non-hydrogen) atoms. The Morgan fingerprint density at radius 2 is 1.95 bits per heavy atom. The van der Waals surface area contributed by atoms with Crippen LogP contribution in [-0.2, 0) is 6.54 Å². The molecule has 3 heteroatoms. The Kier molecular flexibility index (Phi) is 4.40. The maximum absolute atomic E-state index is 6.20. The minimum atomic E-state index is 0.0565. The molecular weight excluding hydrogens is 236 g/mol. The molecule has 0 bridgehead atoms. The molecule has 0 radical (unpaired) electrons. The SMILES string of the molecule is Cc1ccccc1C(C(C)N)N(C)Cc1ccco1. The largest absolute Gasteiger partial charge is 0.468 e. The number of likely N-dealkylation sites (N-methyl/N-ethyl adjacent to an activating group) is 1. The van der Waals surface area contributed by atoms with Gasteiger partial charge in [-0.05, 0) is 44.2 Å². The maximum Gasteiger partial charge on any atom is 0.117 e. The van der Waals surface area contributed by atoms with Crippen LogP contribution in [0.5, 0.6) is 0 Å². The molecule has 2 aromatic rings. The van der Waals surface area contributed by atoms with Crippen LogP contribution >= 0.6 is 0 Å². The lowest BCUT2D eigenvalue weighted by molar-refractivity contribution is 0.195. The highest BCUT2D eigenvalue weighted by Gasteiger charge is 2.23. The van der Waals surface area contributed by atoms with Gasteiger partial charge in [0, 0.05) is 6.04 Å². The lowest BCUT2D eigenvalue weighted by Gasteiger charge is -2.32. The third-order valence-corrected chi connectivity index (χ3v) is 3.47. The predicted molar refractivity (Wildman–Crippen MR) is 77.7 cm³/mol. The molecule has 3 nitrogen and oxygen atoms in total. The summed E-state index contributed by atoms with van der Waals surface area (Å²) in [4.78, 5) is 2.24. The average Bonchev–Trinajstić information content (AvgIpc) is 2.84. The Bertz CT molecular complexity index is 505. The predicted octanol–water partition coefficient (Wildman–Crippen LogP) is 3.11. The van der Waals surface area contributed by atoms with Gasteiger partial charge in [-0.2, -0.15) is 0 Å². The Morgan fingerprint density at radius 1 is 1.21 bits per heavy atom.